The maximum absolute atomic E-state index is 12.5. The highest BCUT2D eigenvalue weighted by molar-refractivity contribution is 7.88. The molecular weight excluding hydrogens is 669 g/mol. The van der Waals surface area contributed by atoms with E-state index in [-0.39, 0.29) is 21.7 Å². The van der Waals surface area contributed by atoms with Gasteiger partial charge in [-0.1, -0.05) is 27.7 Å². The summed E-state index contributed by atoms with van der Waals surface area (Å²) < 4.78 is 51.8. The molecular formula is C40H66N2O6S2. The summed E-state index contributed by atoms with van der Waals surface area (Å²) in [5, 5.41) is 0. The molecule has 0 bridgehead atoms. The topological polar surface area (TPSA) is 109 Å². The van der Waals surface area contributed by atoms with E-state index in [0.29, 0.717) is 85.1 Å². The van der Waals surface area contributed by atoms with Crippen molar-refractivity contribution in [3.63, 3.8) is 0 Å². The maximum Gasteiger partial charge on any atom is 0.211 e. The Morgan fingerprint density at radius 1 is 0.520 bits per heavy atom. The molecule has 8 nitrogen and oxygen atoms in total. The van der Waals surface area contributed by atoms with Gasteiger partial charge in [0.2, 0.25) is 20.0 Å². The second-order valence-electron chi connectivity index (χ2n) is 19.6. The number of nitrogens with zero attached hydrogens (tertiary/aromatic N) is 2. The molecule has 50 heavy (non-hydrogen) atoms. The van der Waals surface area contributed by atoms with E-state index in [0.717, 1.165) is 83.5 Å². The van der Waals surface area contributed by atoms with Crippen LogP contribution in [0.3, 0.4) is 0 Å². The van der Waals surface area contributed by atoms with Gasteiger partial charge in [-0.3, -0.25) is 9.59 Å². The molecule has 8 rings (SSSR count). The van der Waals surface area contributed by atoms with E-state index in [2.05, 4.69) is 27.7 Å². The third kappa shape index (κ3) is 6.02. The standard InChI is InChI=1S/2C20H33NO3S/c1-19-10-4-12-21(25(3,23)24)13-14(19)5-6-15-16-7-8-18(22)20(16,2)11-9-17(15)19;1-19-11-13-21(25(3,23)24)12-9-14(19)4-5-15-16-6-7-18(22)20(16,2)10-8-17(15)19/h2*14-17H,4-13H2,1-3H3/t2*14?,15-,16-,17-,19-,20-/m00/s1. The molecule has 0 aromatic carbocycles. The van der Waals surface area contributed by atoms with Crippen LogP contribution in [-0.4, -0.2) is 75.7 Å². The number of fused-ring (bicyclic) bond motifs is 10. The molecule has 8 aliphatic rings. The quantitative estimate of drug-likeness (QED) is 0.304. The lowest BCUT2D eigenvalue weighted by molar-refractivity contribution is -0.136. The monoisotopic (exact) mass is 734 g/mol. The first kappa shape index (κ1) is 37.5. The molecule has 0 aromatic rings. The van der Waals surface area contributed by atoms with Crippen molar-refractivity contribution in [2.75, 3.05) is 38.7 Å². The summed E-state index contributed by atoms with van der Waals surface area (Å²) >= 11 is 0. The molecule has 0 amide bonds. The first-order valence-electron chi connectivity index (χ1n) is 20.3. The van der Waals surface area contributed by atoms with E-state index in [1.165, 1.54) is 31.8 Å². The molecule has 2 saturated heterocycles. The van der Waals surface area contributed by atoms with E-state index >= 15 is 0 Å². The molecule has 2 aliphatic heterocycles. The van der Waals surface area contributed by atoms with Crippen LogP contribution in [-0.2, 0) is 29.6 Å². The van der Waals surface area contributed by atoms with Gasteiger partial charge < -0.3 is 0 Å². The molecule has 0 aromatic heterocycles. The molecule has 284 valence electrons. The normalized spacial score (nSPS) is 48.4. The van der Waals surface area contributed by atoms with Crippen molar-refractivity contribution in [2.24, 2.45) is 69.0 Å². The fourth-order valence-corrected chi connectivity index (χ4v) is 16.3. The highest BCUT2D eigenvalue weighted by Gasteiger charge is 2.61. The fraction of sp³-hybridized carbons (Fsp3) is 0.950. The van der Waals surface area contributed by atoms with Crippen molar-refractivity contribution in [3.05, 3.63) is 0 Å². The Hall–Kier alpha value is -0.840. The number of Topliss-reactive ketones (excluding diaryl/α,β-unsaturated/α-hetero) is 2. The molecule has 0 spiro atoms. The van der Waals surface area contributed by atoms with E-state index in [9.17, 15) is 26.4 Å². The van der Waals surface area contributed by atoms with Gasteiger partial charge in [0.25, 0.3) is 0 Å². The molecule has 2 heterocycles. The van der Waals surface area contributed by atoms with E-state index in [1.54, 1.807) is 8.61 Å². The minimum absolute atomic E-state index is 0.0616. The smallest absolute Gasteiger partial charge is 0.211 e. The van der Waals surface area contributed by atoms with Crippen molar-refractivity contribution in [2.45, 2.75) is 130 Å². The summed E-state index contributed by atoms with van der Waals surface area (Å²) in [5.74, 6) is 5.99. The van der Waals surface area contributed by atoms with Gasteiger partial charge in [0.1, 0.15) is 11.6 Å². The Morgan fingerprint density at radius 2 is 1.02 bits per heavy atom. The summed E-state index contributed by atoms with van der Waals surface area (Å²) in [7, 11) is -6.19. The number of carbonyl (C=O) groups excluding carboxylic acids is 2. The molecule has 2 unspecified atom stereocenters. The summed E-state index contributed by atoms with van der Waals surface area (Å²) in [6, 6.07) is 0. The van der Waals surface area contributed by atoms with Crippen LogP contribution in [0.15, 0.2) is 0 Å². The number of sulfonamides is 2. The minimum atomic E-state index is -3.10. The molecule has 10 heteroatoms. The van der Waals surface area contributed by atoms with Gasteiger partial charge >= 0.3 is 0 Å². The first-order valence-corrected chi connectivity index (χ1v) is 24.0. The SMILES string of the molecule is C[C@]12CCCN(S(C)(=O)=O)CC1CC[C@@H]1[C@@H]2CC[C@]2(C)C(=O)CC[C@@H]12.C[C@]12CCN(S(C)(=O)=O)CCC1CC[C@@H]1[C@@H]2CC[C@]2(C)C(=O)CC[C@@H]12. The highest BCUT2D eigenvalue weighted by Crippen LogP contribution is 2.66. The average Bonchev–Trinajstić information content (AvgIpc) is 3.33. The Bertz CT molecular complexity index is 1530. The van der Waals surface area contributed by atoms with Crippen LogP contribution in [0.25, 0.3) is 0 Å². The van der Waals surface area contributed by atoms with Crippen molar-refractivity contribution >= 4 is 31.6 Å². The van der Waals surface area contributed by atoms with Gasteiger partial charge in [0.15, 0.2) is 0 Å². The Kier molecular flexibility index (Phi) is 9.66. The van der Waals surface area contributed by atoms with Gasteiger partial charge in [-0.15, -0.1) is 0 Å². The average molecular weight is 735 g/mol. The van der Waals surface area contributed by atoms with Crippen molar-refractivity contribution < 1.29 is 26.4 Å². The van der Waals surface area contributed by atoms with E-state index in [4.69, 9.17) is 0 Å². The van der Waals surface area contributed by atoms with Crippen molar-refractivity contribution in [1.82, 2.24) is 8.61 Å². The van der Waals surface area contributed by atoms with Crippen molar-refractivity contribution in [3.8, 4) is 0 Å². The molecule has 12 atom stereocenters. The molecule has 0 N–H and O–H groups in total. The number of carbonyl (C=O) groups is 2. The van der Waals surface area contributed by atoms with E-state index < -0.39 is 20.0 Å². The fourth-order valence-electron chi connectivity index (χ4n) is 14.5. The highest BCUT2D eigenvalue weighted by atomic mass is 32.2. The lowest BCUT2D eigenvalue weighted by atomic mass is 9.47. The van der Waals surface area contributed by atoms with Crippen LogP contribution in [0.1, 0.15) is 130 Å². The Labute approximate surface area is 303 Å². The second kappa shape index (κ2) is 12.9. The van der Waals surface area contributed by atoms with Crippen LogP contribution < -0.4 is 0 Å². The van der Waals surface area contributed by atoms with Gasteiger partial charge in [0, 0.05) is 49.9 Å². The molecule has 6 saturated carbocycles. The van der Waals surface area contributed by atoms with Gasteiger partial charge in [-0.25, -0.2) is 25.4 Å². The number of ketones is 2. The number of hydrogen-bond acceptors (Lipinski definition) is 6. The third-order valence-corrected chi connectivity index (χ3v) is 20.2. The largest absolute Gasteiger partial charge is 0.299 e. The minimum Gasteiger partial charge on any atom is -0.299 e. The predicted octanol–water partition coefficient (Wildman–Crippen LogP) is 6.94. The number of hydrogen-bond donors (Lipinski definition) is 0. The Morgan fingerprint density at radius 3 is 1.54 bits per heavy atom. The first-order chi connectivity index (χ1) is 23.3. The zero-order chi connectivity index (χ0) is 36.1. The van der Waals surface area contributed by atoms with Crippen LogP contribution >= 0.6 is 0 Å². The maximum atomic E-state index is 12.5. The van der Waals surface area contributed by atoms with E-state index in [1.807, 2.05) is 0 Å². The second-order valence-corrected chi connectivity index (χ2v) is 23.5. The van der Waals surface area contributed by atoms with Crippen LogP contribution in [0.2, 0.25) is 0 Å². The lowest BCUT2D eigenvalue weighted by Gasteiger charge is -2.58. The van der Waals surface area contributed by atoms with Crippen LogP contribution in [0, 0.1) is 69.0 Å². The predicted molar refractivity (Wildman–Crippen MR) is 197 cm³/mol. The van der Waals surface area contributed by atoms with Crippen LogP contribution in [0.4, 0.5) is 0 Å². The zero-order valence-electron chi connectivity index (χ0n) is 31.9. The third-order valence-electron chi connectivity index (χ3n) is 17.7. The Balaban J connectivity index is 0.000000157. The molecule has 6 aliphatic carbocycles. The summed E-state index contributed by atoms with van der Waals surface area (Å²) in [6.45, 7) is 12.1. The summed E-state index contributed by atoms with van der Waals surface area (Å²) in [6.07, 6.45) is 19.8. The van der Waals surface area contributed by atoms with Crippen molar-refractivity contribution in [1.29, 1.82) is 0 Å². The van der Waals surface area contributed by atoms with Gasteiger partial charge in [-0.05, 0) is 148 Å². The van der Waals surface area contributed by atoms with Gasteiger partial charge in [0.05, 0.1) is 12.5 Å². The lowest BCUT2D eigenvalue weighted by Crippen LogP contribution is -2.53. The molecule has 8 fully saturated rings. The van der Waals surface area contributed by atoms with Gasteiger partial charge in [-0.2, -0.15) is 0 Å². The summed E-state index contributed by atoms with van der Waals surface area (Å²) in [5.41, 5.74) is 0.367. The molecule has 0 radical (unpaired) electrons. The zero-order valence-corrected chi connectivity index (χ0v) is 33.6. The van der Waals surface area contributed by atoms with Crippen LogP contribution in [0.5, 0.6) is 0 Å². The number of rotatable bonds is 2. The summed E-state index contributed by atoms with van der Waals surface area (Å²) in [4.78, 5) is 25.0.